The maximum absolute atomic E-state index is 14.3. The predicted octanol–water partition coefficient (Wildman–Crippen LogP) is 5.00. The summed E-state index contributed by atoms with van der Waals surface area (Å²) in [4.78, 5) is 4.71. The van der Waals surface area contributed by atoms with Gasteiger partial charge in [0.15, 0.2) is 0 Å². The molecule has 0 spiro atoms. The molecular weight excluding hydrogens is 522 g/mol. The largest absolute Gasteiger partial charge is 2.00 e. The molecule has 1 aromatic heterocycles. The quantitative estimate of drug-likeness (QED) is 0.496. The van der Waals surface area contributed by atoms with Crippen molar-refractivity contribution in [2.24, 2.45) is 0 Å². The summed E-state index contributed by atoms with van der Waals surface area (Å²) in [5.41, 5.74) is 3.26. The van der Waals surface area contributed by atoms with Gasteiger partial charge in [0.2, 0.25) is 0 Å². The van der Waals surface area contributed by atoms with Crippen molar-refractivity contribution in [2.45, 2.75) is 50.6 Å². The zero-order valence-corrected chi connectivity index (χ0v) is 19.0. The first-order valence-corrected chi connectivity index (χ1v) is 7.28. The topological polar surface area (TPSA) is 14.1 Å². The Morgan fingerprint density at radius 2 is 1.86 bits per heavy atom. The second kappa shape index (κ2) is 10.4. The van der Waals surface area contributed by atoms with E-state index < -0.39 is 6.17 Å². The summed E-state index contributed by atoms with van der Waals surface area (Å²) < 4.78 is 14.3. The maximum Gasteiger partial charge on any atom is 2.00 e. The molecule has 3 rings (SSSR count). The molecule has 2 atom stereocenters. The molecule has 1 unspecified atom stereocenters. The van der Waals surface area contributed by atoms with Gasteiger partial charge in [-0.3, -0.25) is 0 Å². The summed E-state index contributed by atoms with van der Waals surface area (Å²) in [5.74, 6) is 0.0442. The second-order valence-corrected chi connectivity index (χ2v) is 5.50. The van der Waals surface area contributed by atoms with Crippen LogP contribution in [0.25, 0.3) is 10.9 Å². The number of alkyl halides is 1. The van der Waals surface area contributed by atoms with Gasteiger partial charge in [-0.25, -0.2) is 4.39 Å². The van der Waals surface area contributed by atoms with Crippen molar-refractivity contribution in [2.75, 3.05) is 0 Å². The first kappa shape index (κ1) is 22.5. The average molecular weight is 545 g/mol. The molecule has 0 bridgehead atoms. The molecular formula is C18H23FNWY-. The van der Waals surface area contributed by atoms with Gasteiger partial charge in [-0.15, -0.1) is 5.52 Å². The minimum Gasteiger partial charge on any atom is -0.661 e. The molecule has 0 amide bonds. The molecule has 1 aliphatic carbocycles. The van der Waals surface area contributed by atoms with Crippen molar-refractivity contribution in [3.63, 3.8) is 0 Å². The number of halogens is 1. The molecule has 22 heavy (non-hydrogen) atoms. The van der Waals surface area contributed by atoms with E-state index in [9.17, 15) is 4.39 Å². The van der Waals surface area contributed by atoms with Crippen LogP contribution in [0, 0.1) is 14.4 Å². The van der Waals surface area contributed by atoms with Crippen LogP contribution in [-0.4, -0.2) is 6.17 Å². The molecule has 1 fully saturated rings. The number of para-hydroxylation sites is 1. The van der Waals surface area contributed by atoms with Crippen molar-refractivity contribution in [3.05, 3.63) is 49.9 Å². The van der Waals surface area contributed by atoms with E-state index in [1.807, 2.05) is 18.2 Å². The van der Waals surface area contributed by atoms with Crippen molar-refractivity contribution in [1.29, 1.82) is 0 Å². The third-order valence-corrected chi connectivity index (χ3v) is 4.23. The number of rotatable bonds is 3. The third-order valence-electron chi connectivity index (χ3n) is 4.23. The van der Waals surface area contributed by atoms with Gasteiger partial charge in [0.25, 0.3) is 0 Å². The summed E-state index contributed by atoms with van der Waals surface area (Å²) in [5, 5.41) is 1.15. The van der Waals surface area contributed by atoms with Gasteiger partial charge in [0.1, 0.15) is 6.17 Å². The van der Waals surface area contributed by atoms with Gasteiger partial charge in [0.05, 0.1) is 0 Å². The molecule has 1 saturated carbocycles. The smallest absolute Gasteiger partial charge is 0.661 e. The second-order valence-electron chi connectivity index (χ2n) is 5.50. The minimum absolute atomic E-state index is 0. The summed E-state index contributed by atoms with van der Waals surface area (Å²) in [7, 11) is 0. The van der Waals surface area contributed by atoms with Gasteiger partial charge >= 0.3 is 21.1 Å². The number of hydrogen-bond acceptors (Lipinski definition) is 0. The molecule has 1 aliphatic rings. The van der Waals surface area contributed by atoms with Crippen LogP contribution < -0.4 is 4.98 Å². The Kier molecular flexibility index (Phi) is 10.6. The van der Waals surface area contributed by atoms with E-state index >= 15 is 0 Å². The first-order chi connectivity index (χ1) is 9.31. The minimum atomic E-state index is -0.704. The fourth-order valence-electron chi connectivity index (χ4n) is 3.34. The van der Waals surface area contributed by atoms with Crippen molar-refractivity contribution in [1.82, 2.24) is 4.98 Å². The van der Waals surface area contributed by atoms with E-state index in [0.29, 0.717) is 6.42 Å². The number of nitrogens with zero attached hydrogens (tertiary/aromatic N) is 1. The number of aryl methyl sites for hydroxylation is 1. The zero-order valence-electron chi connectivity index (χ0n) is 13.2. The van der Waals surface area contributed by atoms with E-state index in [0.717, 1.165) is 48.7 Å². The van der Waals surface area contributed by atoms with Crippen LogP contribution in [0.15, 0.2) is 24.3 Å². The molecule has 1 heterocycles. The van der Waals surface area contributed by atoms with E-state index in [2.05, 4.69) is 13.0 Å². The van der Waals surface area contributed by atoms with Gasteiger partial charge < -0.3 is 19.3 Å². The standard InChI is InChI=1S/C17H20FN.CH3.W.Y/c1-2-7-16-17(12-8-3-5-10-14(12)18)13-9-4-6-11-15(13)19-16;;;/h4,6,9,11-12,14H,1-3,5,7-8,10H2;1H3;;/q-2;-1;+2;/t12?,14-;;;/m0.../s1. The first-order valence-electron chi connectivity index (χ1n) is 7.28. The van der Waals surface area contributed by atoms with Crippen molar-refractivity contribution >= 4 is 10.9 Å². The Morgan fingerprint density at radius 1 is 1.18 bits per heavy atom. The average Bonchev–Trinajstić information content (AvgIpc) is 2.78. The number of aromatic nitrogens is 1. The van der Waals surface area contributed by atoms with Gasteiger partial charge in [-0.05, 0) is 18.2 Å². The third kappa shape index (κ3) is 4.52. The summed E-state index contributed by atoms with van der Waals surface area (Å²) >= 11 is 0. The van der Waals surface area contributed by atoms with E-state index in [1.165, 1.54) is 5.56 Å². The Balaban J connectivity index is 0.00000147. The molecule has 1 nitrogen and oxygen atoms in total. The van der Waals surface area contributed by atoms with Gasteiger partial charge in [-0.1, -0.05) is 49.1 Å². The van der Waals surface area contributed by atoms with E-state index in [4.69, 9.17) is 4.98 Å². The Morgan fingerprint density at radius 3 is 2.55 bits per heavy atom. The van der Waals surface area contributed by atoms with Crippen LogP contribution in [0.3, 0.4) is 0 Å². The summed E-state index contributed by atoms with van der Waals surface area (Å²) in [6.07, 6.45) is 4.79. The number of fused-ring (bicyclic) bond motifs is 1. The van der Waals surface area contributed by atoms with Crippen molar-refractivity contribution < 1.29 is 58.2 Å². The maximum atomic E-state index is 14.3. The molecule has 2 aromatic rings. The van der Waals surface area contributed by atoms with Crippen LogP contribution in [0.1, 0.15) is 49.3 Å². The molecule has 0 saturated heterocycles. The summed E-state index contributed by atoms with van der Waals surface area (Å²) in [6.45, 7) is 3.92. The molecule has 0 N–H and O–H groups in total. The fraction of sp³-hybridized carbons (Fsp3) is 0.444. The van der Waals surface area contributed by atoms with Gasteiger partial charge in [0, 0.05) is 38.6 Å². The molecule has 4 heteroatoms. The van der Waals surface area contributed by atoms with Gasteiger partial charge in [-0.2, -0.15) is 12.1 Å². The number of hydrogen-bond donors (Lipinski definition) is 0. The molecule has 1 radical (unpaired) electrons. The molecule has 117 valence electrons. The van der Waals surface area contributed by atoms with E-state index in [1.54, 1.807) is 0 Å². The van der Waals surface area contributed by atoms with Crippen LogP contribution in [0.4, 0.5) is 4.39 Å². The van der Waals surface area contributed by atoms with Crippen LogP contribution in [-0.2, 0) is 60.2 Å². The Bertz CT molecular complexity index is 569. The molecule has 0 aliphatic heterocycles. The van der Waals surface area contributed by atoms with E-state index in [-0.39, 0.29) is 67.1 Å². The van der Waals surface area contributed by atoms with Crippen LogP contribution in [0.2, 0.25) is 0 Å². The predicted molar refractivity (Wildman–Crippen MR) is 83.5 cm³/mol. The van der Waals surface area contributed by atoms with Crippen LogP contribution in [0.5, 0.6) is 0 Å². The SMILES string of the molecule is [CH2-]CCc1[n-]c2ccccc2c1C1CCCC[C@@H]1F.[CH3-].[W+2].[Y]. The van der Waals surface area contributed by atoms with Crippen molar-refractivity contribution in [3.8, 4) is 0 Å². The number of benzene rings is 1. The fourth-order valence-corrected chi connectivity index (χ4v) is 3.34. The Labute approximate surface area is 173 Å². The summed E-state index contributed by atoms with van der Waals surface area (Å²) in [6, 6.07) is 8.14. The monoisotopic (exact) mass is 545 g/mol. The zero-order chi connectivity index (χ0) is 13.2. The normalized spacial score (nSPS) is 20.6. The molecule has 1 aromatic carbocycles. The Hall–Kier alpha value is 0.482. The van der Waals surface area contributed by atoms with Crippen LogP contribution >= 0.6 is 0 Å².